The largest absolute Gasteiger partial charge is 0.459 e. The summed E-state index contributed by atoms with van der Waals surface area (Å²) in [5, 5.41) is 2.66. The van der Waals surface area contributed by atoms with E-state index in [1.807, 2.05) is 0 Å². The molecule has 5 nitrogen and oxygen atoms in total. The summed E-state index contributed by atoms with van der Waals surface area (Å²) >= 11 is 0. The molecule has 0 unspecified atom stereocenters. The number of carbonyl (C=O) groups excluding carboxylic acids is 2. The third-order valence-corrected chi connectivity index (χ3v) is 2.38. The van der Waals surface area contributed by atoms with Gasteiger partial charge in [0.25, 0.3) is 5.91 Å². The van der Waals surface area contributed by atoms with Gasteiger partial charge in [-0.3, -0.25) is 9.59 Å². The lowest BCUT2D eigenvalue weighted by Gasteiger charge is -2.25. The summed E-state index contributed by atoms with van der Waals surface area (Å²) in [6, 6.07) is 1.73. The molecule has 2 rings (SSSR count). The Morgan fingerprint density at radius 1 is 1.60 bits per heavy atom. The molecule has 0 aliphatic carbocycles. The number of nitrogens with one attached hydrogen (secondary N) is 1. The maximum absolute atomic E-state index is 11.9. The van der Waals surface area contributed by atoms with Crippen LogP contribution in [0, 0.1) is 6.92 Å². The second kappa shape index (κ2) is 3.76. The van der Waals surface area contributed by atoms with Crippen molar-refractivity contribution in [2.45, 2.75) is 6.92 Å². The van der Waals surface area contributed by atoms with Gasteiger partial charge in [0.15, 0.2) is 5.76 Å². The van der Waals surface area contributed by atoms with Gasteiger partial charge in [0.2, 0.25) is 5.91 Å². The number of hydrogen-bond acceptors (Lipinski definition) is 3. The fraction of sp³-hybridized carbons (Fsp3) is 0.400. The van der Waals surface area contributed by atoms with E-state index < -0.39 is 0 Å². The molecule has 2 heterocycles. The Kier molecular flexibility index (Phi) is 2.45. The average molecular weight is 208 g/mol. The van der Waals surface area contributed by atoms with Gasteiger partial charge < -0.3 is 14.6 Å². The summed E-state index contributed by atoms with van der Waals surface area (Å²) in [5.74, 6) is -0.0177. The highest BCUT2D eigenvalue weighted by Crippen LogP contribution is 2.12. The lowest BCUT2D eigenvalue weighted by molar-refractivity contribution is -0.123. The van der Waals surface area contributed by atoms with E-state index in [0.29, 0.717) is 18.8 Å². The lowest BCUT2D eigenvalue weighted by atomic mass is 10.2. The van der Waals surface area contributed by atoms with Crippen LogP contribution >= 0.6 is 0 Å². The molecular formula is C10H12N2O3. The van der Waals surface area contributed by atoms with E-state index in [0.717, 1.165) is 5.56 Å². The fourth-order valence-electron chi connectivity index (χ4n) is 1.55. The van der Waals surface area contributed by atoms with E-state index >= 15 is 0 Å². The van der Waals surface area contributed by atoms with Crippen LogP contribution in [-0.2, 0) is 4.79 Å². The van der Waals surface area contributed by atoms with Crippen LogP contribution in [0.25, 0.3) is 0 Å². The Balaban J connectivity index is 2.14. The molecule has 0 atom stereocenters. The van der Waals surface area contributed by atoms with Gasteiger partial charge >= 0.3 is 0 Å². The smallest absolute Gasteiger partial charge is 0.290 e. The third kappa shape index (κ3) is 1.86. The number of amides is 2. The van der Waals surface area contributed by atoms with Crippen LogP contribution in [0.15, 0.2) is 16.7 Å². The first kappa shape index (κ1) is 9.76. The molecule has 0 aromatic carbocycles. The van der Waals surface area contributed by atoms with E-state index in [-0.39, 0.29) is 18.4 Å². The predicted octanol–water partition coefficient (Wildman–Crippen LogP) is 0.160. The van der Waals surface area contributed by atoms with Gasteiger partial charge in [-0.05, 0) is 13.0 Å². The number of rotatable bonds is 1. The lowest BCUT2D eigenvalue weighted by Crippen LogP contribution is -2.50. The maximum Gasteiger partial charge on any atom is 0.290 e. The molecule has 0 radical (unpaired) electrons. The molecular weight excluding hydrogens is 196 g/mol. The minimum absolute atomic E-state index is 0.110. The van der Waals surface area contributed by atoms with Crippen molar-refractivity contribution >= 4 is 11.8 Å². The molecule has 1 saturated heterocycles. The van der Waals surface area contributed by atoms with Crippen molar-refractivity contribution in [2.24, 2.45) is 0 Å². The van der Waals surface area contributed by atoms with Crippen molar-refractivity contribution in [1.82, 2.24) is 10.2 Å². The van der Waals surface area contributed by atoms with Crippen molar-refractivity contribution in [3.05, 3.63) is 23.7 Å². The Labute approximate surface area is 87.0 Å². The van der Waals surface area contributed by atoms with Crippen LogP contribution < -0.4 is 5.32 Å². The van der Waals surface area contributed by atoms with Crippen LogP contribution in [0.3, 0.4) is 0 Å². The number of piperazine rings is 1. The van der Waals surface area contributed by atoms with Gasteiger partial charge in [-0.25, -0.2) is 0 Å². The summed E-state index contributed by atoms with van der Waals surface area (Å²) in [6.07, 6.45) is 1.48. The van der Waals surface area contributed by atoms with Crippen molar-refractivity contribution < 1.29 is 14.0 Å². The molecule has 1 N–H and O–H groups in total. The van der Waals surface area contributed by atoms with Gasteiger partial charge in [-0.2, -0.15) is 0 Å². The van der Waals surface area contributed by atoms with Crippen LogP contribution in [0.2, 0.25) is 0 Å². The molecule has 1 aliphatic heterocycles. The third-order valence-electron chi connectivity index (χ3n) is 2.38. The van der Waals surface area contributed by atoms with Crippen molar-refractivity contribution in [1.29, 1.82) is 0 Å². The molecule has 0 bridgehead atoms. The molecule has 5 heteroatoms. The summed E-state index contributed by atoms with van der Waals surface area (Å²) < 4.78 is 5.09. The van der Waals surface area contributed by atoms with Crippen LogP contribution in [0.4, 0.5) is 0 Å². The maximum atomic E-state index is 11.9. The van der Waals surface area contributed by atoms with Crippen molar-refractivity contribution in [2.75, 3.05) is 19.6 Å². The average Bonchev–Trinajstić information content (AvgIpc) is 2.63. The van der Waals surface area contributed by atoms with E-state index in [1.54, 1.807) is 13.0 Å². The summed E-state index contributed by atoms with van der Waals surface area (Å²) in [4.78, 5) is 24.5. The molecule has 0 spiro atoms. The Morgan fingerprint density at radius 2 is 2.40 bits per heavy atom. The van der Waals surface area contributed by atoms with Gasteiger partial charge in [-0.15, -0.1) is 0 Å². The molecule has 0 saturated carbocycles. The first-order valence-electron chi connectivity index (χ1n) is 4.78. The van der Waals surface area contributed by atoms with Gasteiger partial charge in [0.05, 0.1) is 6.26 Å². The van der Waals surface area contributed by atoms with E-state index in [2.05, 4.69) is 5.32 Å². The first-order valence-corrected chi connectivity index (χ1v) is 4.78. The number of aryl methyl sites for hydroxylation is 1. The fourth-order valence-corrected chi connectivity index (χ4v) is 1.55. The first-order chi connectivity index (χ1) is 7.18. The SMILES string of the molecule is Cc1ccoc1C(=O)N1CCNC(=O)C1. The van der Waals surface area contributed by atoms with Crippen LogP contribution in [-0.4, -0.2) is 36.3 Å². The standard InChI is InChI=1S/C10H12N2O3/c1-7-2-5-15-9(7)10(14)12-4-3-11-8(13)6-12/h2,5H,3-4,6H2,1H3,(H,11,13). The van der Waals surface area contributed by atoms with Gasteiger partial charge in [0, 0.05) is 18.7 Å². The highest BCUT2D eigenvalue weighted by Gasteiger charge is 2.25. The zero-order valence-corrected chi connectivity index (χ0v) is 8.45. The molecule has 1 fully saturated rings. The molecule has 80 valence electrons. The normalized spacial score (nSPS) is 16.3. The van der Waals surface area contributed by atoms with E-state index in [1.165, 1.54) is 11.2 Å². The quantitative estimate of drug-likeness (QED) is 0.715. The summed E-state index contributed by atoms with van der Waals surface area (Å²) in [5.41, 5.74) is 0.797. The Bertz CT molecular complexity index is 397. The number of hydrogen-bond donors (Lipinski definition) is 1. The number of nitrogens with zero attached hydrogens (tertiary/aromatic N) is 1. The molecule has 1 aliphatic rings. The number of carbonyl (C=O) groups is 2. The van der Waals surface area contributed by atoms with Crippen molar-refractivity contribution in [3.8, 4) is 0 Å². The second-order valence-corrected chi connectivity index (χ2v) is 3.51. The van der Waals surface area contributed by atoms with E-state index in [4.69, 9.17) is 4.42 Å². The molecule has 15 heavy (non-hydrogen) atoms. The van der Waals surface area contributed by atoms with E-state index in [9.17, 15) is 9.59 Å². The Hall–Kier alpha value is -1.78. The number of furan rings is 1. The minimum Gasteiger partial charge on any atom is -0.459 e. The molecule has 1 aromatic rings. The zero-order valence-electron chi connectivity index (χ0n) is 8.45. The minimum atomic E-state index is -0.215. The molecule has 1 aromatic heterocycles. The topological polar surface area (TPSA) is 62.6 Å². The second-order valence-electron chi connectivity index (χ2n) is 3.51. The van der Waals surface area contributed by atoms with Crippen LogP contribution in [0.1, 0.15) is 16.1 Å². The van der Waals surface area contributed by atoms with Gasteiger partial charge in [-0.1, -0.05) is 0 Å². The summed E-state index contributed by atoms with van der Waals surface area (Å²) in [6.45, 7) is 2.95. The van der Waals surface area contributed by atoms with Gasteiger partial charge in [0.1, 0.15) is 6.54 Å². The summed E-state index contributed by atoms with van der Waals surface area (Å²) in [7, 11) is 0. The highest BCUT2D eigenvalue weighted by atomic mass is 16.3. The monoisotopic (exact) mass is 208 g/mol. The zero-order chi connectivity index (χ0) is 10.8. The molecule has 2 amide bonds. The Morgan fingerprint density at radius 3 is 3.00 bits per heavy atom. The van der Waals surface area contributed by atoms with Crippen LogP contribution in [0.5, 0.6) is 0 Å². The van der Waals surface area contributed by atoms with Crippen molar-refractivity contribution in [3.63, 3.8) is 0 Å². The highest BCUT2D eigenvalue weighted by molar-refractivity contribution is 5.95. The predicted molar refractivity (Wildman–Crippen MR) is 52.4 cm³/mol.